The Labute approximate surface area is 92.5 Å². The molecule has 1 aromatic rings. The molecule has 0 fully saturated rings. The van der Waals surface area contributed by atoms with Crippen LogP contribution < -0.4 is 0 Å². The predicted octanol–water partition coefficient (Wildman–Crippen LogP) is 3.09. The minimum atomic E-state index is -0.828. The van der Waals surface area contributed by atoms with Crippen LogP contribution in [-0.2, 0) is 0 Å². The third-order valence-corrected chi connectivity index (χ3v) is 2.20. The summed E-state index contributed by atoms with van der Waals surface area (Å²) in [7, 11) is 0. The highest BCUT2D eigenvalue weighted by atomic mass is 19.1. The molecule has 1 aromatic carbocycles. The predicted molar refractivity (Wildman–Crippen MR) is 54.7 cm³/mol. The lowest BCUT2D eigenvalue weighted by atomic mass is 9.95. The maximum Gasteiger partial charge on any atom is 0.180 e. The molecule has 0 aliphatic rings. The zero-order valence-electron chi connectivity index (χ0n) is 8.84. The number of ketones is 1. The van der Waals surface area contributed by atoms with E-state index in [1.54, 1.807) is 0 Å². The summed E-state index contributed by atoms with van der Waals surface area (Å²) in [5.41, 5.74) is -0.0856. The molecule has 4 heteroatoms. The number of carbonyl (C=O) groups excluding carboxylic acids is 1. The molecule has 2 nitrogen and oxygen atoms in total. The number of carbonyl (C=O) groups is 1. The number of nitriles is 1. The monoisotopic (exact) mass is 223 g/mol. The van der Waals surface area contributed by atoms with E-state index in [0.717, 1.165) is 12.1 Å². The van der Waals surface area contributed by atoms with Gasteiger partial charge in [0.2, 0.25) is 0 Å². The summed E-state index contributed by atoms with van der Waals surface area (Å²) in [5.74, 6) is -2.97. The third-order valence-electron chi connectivity index (χ3n) is 2.20. The Hall–Kier alpha value is -1.76. The van der Waals surface area contributed by atoms with Crippen LogP contribution in [0, 0.1) is 28.9 Å². The molecule has 84 valence electrons. The van der Waals surface area contributed by atoms with Gasteiger partial charge in [0.15, 0.2) is 5.78 Å². The van der Waals surface area contributed by atoms with Crippen LogP contribution in [0.4, 0.5) is 8.78 Å². The van der Waals surface area contributed by atoms with Gasteiger partial charge in [-0.3, -0.25) is 4.79 Å². The summed E-state index contributed by atoms with van der Waals surface area (Å²) in [6, 6.07) is 4.44. The first-order valence-corrected chi connectivity index (χ1v) is 4.98. The average molecular weight is 223 g/mol. The Bertz CT molecular complexity index is 417. The topological polar surface area (TPSA) is 40.9 Å². The summed E-state index contributed by atoms with van der Waals surface area (Å²) in [5, 5.41) is 8.77. The van der Waals surface area contributed by atoms with E-state index in [1.807, 2.05) is 13.0 Å². The van der Waals surface area contributed by atoms with Crippen molar-refractivity contribution in [3.8, 4) is 6.07 Å². The molecule has 0 heterocycles. The molecular formula is C12H11F2NO. The van der Waals surface area contributed by atoms with Gasteiger partial charge in [-0.05, 0) is 18.6 Å². The molecular weight excluding hydrogens is 212 g/mol. The molecule has 0 radical (unpaired) electrons. The van der Waals surface area contributed by atoms with Crippen LogP contribution in [0.5, 0.6) is 0 Å². The number of hydrogen-bond donors (Lipinski definition) is 0. The van der Waals surface area contributed by atoms with Crippen molar-refractivity contribution in [1.82, 2.24) is 0 Å². The number of benzene rings is 1. The van der Waals surface area contributed by atoms with E-state index >= 15 is 0 Å². The van der Waals surface area contributed by atoms with Crippen molar-refractivity contribution in [2.24, 2.45) is 5.92 Å². The SMILES string of the molecule is CCCC(C#N)C(=O)c1cc(F)cc(F)c1. The van der Waals surface area contributed by atoms with Crippen molar-refractivity contribution in [1.29, 1.82) is 5.26 Å². The van der Waals surface area contributed by atoms with E-state index in [9.17, 15) is 13.6 Å². The first-order valence-electron chi connectivity index (χ1n) is 4.98. The van der Waals surface area contributed by atoms with Crippen LogP contribution in [0.2, 0.25) is 0 Å². The second-order valence-corrected chi connectivity index (χ2v) is 3.49. The fourth-order valence-corrected chi connectivity index (χ4v) is 1.44. The van der Waals surface area contributed by atoms with Gasteiger partial charge in [-0.2, -0.15) is 5.26 Å². The van der Waals surface area contributed by atoms with Crippen LogP contribution in [0.25, 0.3) is 0 Å². The maximum atomic E-state index is 12.9. The summed E-state index contributed by atoms with van der Waals surface area (Å²) < 4.78 is 25.7. The zero-order chi connectivity index (χ0) is 12.1. The molecule has 1 atom stereocenters. The van der Waals surface area contributed by atoms with Gasteiger partial charge in [0.25, 0.3) is 0 Å². The standard InChI is InChI=1S/C12H11F2NO/c1-2-3-8(7-15)12(16)9-4-10(13)6-11(14)5-9/h4-6,8H,2-3H2,1H3. The third kappa shape index (κ3) is 2.86. The van der Waals surface area contributed by atoms with Crippen molar-refractivity contribution in [3.63, 3.8) is 0 Å². The minimum Gasteiger partial charge on any atom is -0.293 e. The smallest absolute Gasteiger partial charge is 0.180 e. The highest BCUT2D eigenvalue weighted by Crippen LogP contribution is 2.16. The van der Waals surface area contributed by atoms with Crippen molar-refractivity contribution >= 4 is 5.78 Å². The highest BCUT2D eigenvalue weighted by Gasteiger charge is 2.19. The molecule has 0 N–H and O–H groups in total. The average Bonchev–Trinajstić information content (AvgIpc) is 2.23. The molecule has 1 rings (SSSR count). The summed E-state index contributed by atoms with van der Waals surface area (Å²) >= 11 is 0. The van der Waals surface area contributed by atoms with Gasteiger partial charge >= 0.3 is 0 Å². The van der Waals surface area contributed by atoms with Crippen molar-refractivity contribution in [3.05, 3.63) is 35.4 Å². The van der Waals surface area contributed by atoms with Gasteiger partial charge in [0, 0.05) is 11.6 Å². The van der Waals surface area contributed by atoms with Gasteiger partial charge in [-0.15, -0.1) is 0 Å². The Morgan fingerprint density at radius 2 is 1.94 bits per heavy atom. The van der Waals surface area contributed by atoms with Gasteiger partial charge in [-0.25, -0.2) is 8.78 Å². The van der Waals surface area contributed by atoms with Crippen molar-refractivity contribution in [2.75, 3.05) is 0 Å². The lowest BCUT2D eigenvalue weighted by Gasteiger charge is -2.06. The summed E-state index contributed by atoms with van der Waals surface area (Å²) in [6.07, 6.45) is 1.06. The highest BCUT2D eigenvalue weighted by molar-refractivity contribution is 5.99. The number of halogens is 2. The quantitative estimate of drug-likeness (QED) is 0.736. The zero-order valence-corrected chi connectivity index (χ0v) is 8.84. The van der Waals surface area contributed by atoms with Crippen LogP contribution in [0.15, 0.2) is 18.2 Å². The Balaban J connectivity index is 3.00. The first kappa shape index (κ1) is 12.3. The van der Waals surface area contributed by atoms with Gasteiger partial charge in [-0.1, -0.05) is 13.3 Å². The molecule has 0 saturated heterocycles. The van der Waals surface area contributed by atoms with E-state index in [4.69, 9.17) is 5.26 Å². The molecule has 0 aromatic heterocycles. The molecule has 0 aliphatic carbocycles. The molecule has 0 bridgehead atoms. The molecule has 16 heavy (non-hydrogen) atoms. The fourth-order valence-electron chi connectivity index (χ4n) is 1.44. The molecule has 1 unspecified atom stereocenters. The van der Waals surface area contributed by atoms with E-state index in [2.05, 4.69) is 0 Å². The van der Waals surface area contributed by atoms with Crippen molar-refractivity contribution < 1.29 is 13.6 Å². The number of Topliss-reactive ketones (excluding diaryl/α,β-unsaturated/α-hetero) is 1. The molecule has 0 amide bonds. The fraction of sp³-hybridized carbons (Fsp3) is 0.333. The summed E-state index contributed by atoms with van der Waals surface area (Å²) in [6.45, 7) is 1.84. The molecule has 0 spiro atoms. The van der Waals surface area contributed by atoms with E-state index in [0.29, 0.717) is 18.9 Å². The second-order valence-electron chi connectivity index (χ2n) is 3.49. The molecule has 0 aliphatic heterocycles. The number of rotatable bonds is 4. The van der Waals surface area contributed by atoms with E-state index in [1.165, 1.54) is 0 Å². The first-order chi connectivity index (χ1) is 7.58. The van der Waals surface area contributed by atoms with Gasteiger partial charge in [0.05, 0.1) is 6.07 Å². The van der Waals surface area contributed by atoms with Gasteiger partial charge < -0.3 is 0 Å². The number of hydrogen-bond acceptors (Lipinski definition) is 2. The van der Waals surface area contributed by atoms with Crippen LogP contribution >= 0.6 is 0 Å². The lowest BCUT2D eigenvalue weighted by molar-refractivity contribution is 0.0942. The molecule has 0 saturated carbocycles. The lowest BCUT2D eigenvalue weighted by Crippen LogP contribution is -2.13. The maximum absolute atomic E-state index is 12.9. The Kier molecular flexibility index (Phi) is 4.12. The van der Waals surface area contributed by atoms with Gasteiger partial charge in [0.1, 0.15) is 17.6 Å². The Morgan fingerprint density at radius 3 is 2.38 bits per heavy atom. The normalized spacial score (nSPS) is 11.9. The Morgan fingerprint density at radius 1 is 1.38 bits per heavy atom. The number of nitrogens with zero attached hydrogens (tertiary/aromatic N) is 1. The van der Waals surface area contributed by atoms with Crippen LogP contribution in [0.1, 0.15) is 30.1 Å². The minimum absolute atomic E-state index is 0.0856. The van der Waals surface area contributed by atoms with Crippen molar-refractivity contribution in [2.45, 2.75) is 19.8 Å². The second kappa shape index (κ2) is 5.36. The largest absolute Gasteiger partial charge is 0.293 e. The summed E-state index contributed by atoms with van der Waals surface area (Å²) in [4.78, 5) is 11.7. The van der Waals surface area contributed by atoms with Crippen LogP contribution in [-0.4, -0.2) is 5.78 Å². The van der Waals surface area contributed by atoms with E-state index in [-0.39, 0.29) is 5.56 Å². The van der Waals surface area contributed by atoms with Crippen LogP contribution in [0.3, 0.4) is 0 Å². The van der Waals surface area contributed by atoms with E-state index < -0.39 is 23.3 Å².